The van der Waals surface area contributed by atoms with Crippen molar-refractivity contribution in [1.82, 2.24) is 14.9 Å². The van der Waals surface area contributed by atoms with Gasteiger partial charge in [0.05, 0.1) is 23.5 Å². The summed E-state index contributed by atoms with van der Waals surface area (Å²) in [5.74, 6) is 0.568. The first-order chi connectivity index (χ1) is 15.7. The molecule has 0 amide bonds. The Hall–Kier alpha value is -3.63. The van der Waals surface area contributed by atoms with Crippen LogP contribution in [0.25, 0.3) is 16.9 Å². The fourth-order valence-corrected chi connectivity index (χ4v) is 4.81. The lowest BCUT2D eigenvalue weighted by atomic mass is 10.1. The van der Waals surface area contributed by atoms with Gasteiger partial charge in [0.1, 0.15) is 22.0 Å². The molecule has 0 radical (unpaired) electrons. The van der Waals surface area contributed by atoms with Crippen molar-refractivity contribution in [3.63, 3.8) is 0 Å². The minimum absolute atomic E-state index is 0.112. The normalized spacial score (nSPS) is 11.4. The zero-order chi connectivity index (χ0) is 23.8. The van der Waals surface area contributed by atoms with Crippen LogP contribution in [-0.2, 0) is 10.0 Å². The number of nitrogens with one attached hydrogen (secondary N) is 1. The van der Waals surface area contributed by atoms with E-state index in [9.17, 15) is 13.2 Å². The van der Waals surface area contributed by atoms with Crippen LogP contribution < -0.4 is 15.0 Å². The molecule has 0 atom stereocenters. The molecule has 2 aromatic carbocycles. The topological polar surface area (TPSA) is 116 Å². The third-order valence-corrected chi connectivity index (χ3v) is 6.59. The highest BCUT2D eigenvalue weighted by Crippen LogP contribution is 2.32. The van der Waals surface area contributed by atoms with E-state index in [1.807, 2.05) is 0 Å². The van der Waals surface area contributed by atoms with Crippen molar-refractivity contribution in [2.75, 3.05) is 11.8 Å². The molecule has 0 saturated heterocycles. The van der Waals surface area contributed by atoms with Crippen LogP contribution in [0, 0.1) is 13.8 Å². The predicted octanol–water partition coefficient (Wildman–Crippen LogP) is 3.97. The zero-order valence-corrected chi connectivity index (χ0v) is 19.4. The Bertz CT molecular complexity index is 1490. The van der Waals surface area contributed by atoms with E-state index in [2.05, 4.69) is 15.0 Å². The van der Waals surface area contributed by atoms with Gasteiger partial charge in [-0.3, -0.25) is 9.52 Å². The average molecular weight is 487 g/mol. The lowest BCUT2D eigenvalue weighted by Crippen LogP contribution is -2.21. The Morgan fingerprint density at radius 1 is 1.09 bits per heavy atom. The molecule has 33 heavy (non-hydrogen) atoms. The van der Waals surface area contributed by atoms with Gasteiger partial charge in [0, 0.05) is 11.6 Å². The summed E-state index contributed by atoms with van der Waals surface area (Å²) < 4.78 is 40.4. The lowest BCUT2D eigenvalue weighted by Gasteiger charge is -2.14. The summed E-state index contributed by atoms with van der Waals surface area (Å²) in [6.07, 6.45) is 0. The molecule has 0 saturated carbocycles. The molecule has 2 heterocycles. The van der Waals surface area contributed by atoms with Crippen LogP contribution in [0.5, 0.6) is 5.75 Å². The van der Waals surface area contributed by atoms with E-state index >= 15 is 0 Å². The second-order valence-electron chi connectivity index (χ2n) is 7.09. The highest BCUT2D eigenvalue weighted by atomic mass is 35.5. The Labute approximate surface area is 194 Å². The summed E-state index contributed by atoms with van der Waals surface area (Å²) in [5.41, 5.74) is 1.61. The highest BCUT2D eigenvalue weighted by molar-refractivity contribution is 7.92. The van der Waals surface area contributed by atoms with Crippen molar-refractivity contribution < 1.29 is 17.7 Å². The number of hydrogen-bond donors (Lipinski definition) is 1. The average Bonchev–Trinajstić information content (AvgIpc) is 3.13. The smallest absolute Gasteiger partial charge is 0.271 e. The van der Waals surface area contributed by atoms with E-state index in [-0.39, 0.29) is 26.9 Å². The summed E-state index contributed by atoms with van der Waals surface area (Å²) in [4.78, 5) is 12.3. The van der Waals surface area contributed by atoms with E-state index in [0.29, 0.717) is 28.4 Å². The summed E-state index contributed by atoms with van der Waals surface area (Å²) >= 11 is 6.11. The fraction of sp³-hybridized carbons (Fsp3) is 0.136. The van der Waals surface area contributed by atoms with Crippen molar-refractivity contribution >= 4 is 27.3 Å². The lowest BCUT2D eigenvalue weighted by molar-refractivity contribution is 0.392. The van der Waals surface area contributed by atoms with E-state index in [0.717, 1.165) is 0 Å². The van der Waals surface area contributed by atoms with Crippen molar-refractivity contribution in [1.29, 1.82) is 0 Å². The molecule has 2 aromatic heterocycles. The fourth-order valence-electron chi connectivity index (χ4n) is 3.30. The van der Waals surface area contributed by atoms with Gasteiger partial charge < -0.3 is 9.26 Å². The molecule has 0 aliphatic rings. The van der Waals surface area contributed by atoms with Gasteiger partial charge in [0.25, 0.3) is 15.6 Å². The molecule has 0 aliphatic carbocycles. The van der Waals surface area contributed by atoms with E-state index in [4.69, 9.17) is 20.9 Å². The third kappa shape index (κ3) is 4.35. The van der Waals surface area contributed by atoms with Crippen LogP contribution in [-0.4, -0.2) is 30.5 Å². The number of methoxy groups -OCH3 is 1. The number of hydrogen-bond acceptors (Lipinski definition) is 7. The van der Waals surface area contributed by atoms with Crippen LogP contribution in [0.3, 0.4) is 0 Å². The molecular weight excluding hydrogens is 468 g/mol. The molecule has 170 valence electrons. The van der Waals surface area contributed by atoms with E-state index < -0.39 is 10.0 Å². The molecule has 0 unspecified atom stereocenters. The van der Waals surface area contributed by atoms with Gasteiger partial charge in [-0.15, -0.1) is 0 Å². The minimum atomic E-state index is -4.06. The SMILES string of the molecule is COc1ccc(-c2ccc(=O)n(-c3c(C)noc3C)n2)cc1S(=O)(=O)Nc1ccccc1Cl. The van der Waals surface area contributed by atoms with Crippen molar-refractivity contribution in [3.05, 3.63) is 81.4 Å². The number of para-hydroxylation sites is 1. The van der Waals surface area contributed by atoms with Crippen LogP contribution >= 0.6 is 11.6 Å². The van der Waals surface area contributed by atoms with Crippen molar-refractivity contribution in [2.24, 2.45) is 0 Å². The van der Waals surface area contributed by atoms with Crippen LogP contribution in [0.4, 0.5) is 5.69 Å². The molecule has 0 bridgehead atoms. The maximum Gasteiger partial charge on any atom is 0.271 e. The molecule has 9 nitrogen and oxygen atoms in total. The number of sulfonamides is 1. The Kier molecular flexibility index (Phi) is 5.96. The number of aromatic nitrogens is 3. The van der Waals surface area contributed by atoms with Gasteiger partial charge in [0.15, 0.2) is 5.76 Å². The molecular formula is C22H19ClN4O5S. The van der Waals surface area contributed by atoms with Gasteiger partial charge in [-0.25, -0.2) is 8.42 Å². The standard InChI is InChI=1S/C22H19ClN4O5S/c1-13-22(14(2)32-25-13)27-21(28)11-9-17(24-27)15-8-10-19(31-3)20(12-15)33(29,30)26-18-7-5-4-6-16(18)23/h4-12,26H,1-3H3. The van der Waals surface area contributed by atoms with Gasteiger partial charge in [-0.2, -0.15) is 9.78 Å². The maximum absolute atomic E-state index is 13.2. The Morgan fingerprint density at radius 2 is 1.85 bits per heavy atom. The summed E-state index contributed by atoms with van der Waals surface area (Å²) in [7, 11) is -2.69. The summed E-state index contributed by atoms with van der Waals surface area (Å²) in [6.45, 7) is 3.37. The quantitative estimate of drug-likeness (QED) is 0.438. The molecule has 4 aromatic rings. The largest absolute Gasteiger partial charge is 0.495 e. The Morgan fingerprint density at radius 3 is 2.52 bits per heavy atom. The Balaban J connectivity index is 1.82. The highest BCUT2D eigenvalue weighted by Gasteiger charge is 2.22. The molecule has 11 heteroatoms. The predicted molar refractivity (Wildman–Crippen MR) is 124 cm³/mol. The van der Waals surface area contributed by atoms with Crippen molar-refractivity contribution in [2.45, 2.75) is 18.7 Å². The number of ether oxygens (including phenoxy) is 1. The summed E-state index contributed by atoms with van der Waals surface area (Å²) in [5, 5.41) is 8.53. The molecule has 4 rings (SSSR count). The number of halogens is 1. The second-order valence-corrected chi connectivity index (χ2v) is 9.15. The zero-order valence-electron chi connectivity index (χ0n) is 17.9. The van der Waals surface area contributed by atoms with Gasteiger partial charge in [-0.05, 0) is 50.2 Å². The number of aryl methyl sites for hydroxylation is 2. The van der Waals surface area contributed by atoms with Gasteiger partial charge >= 0.3 is 0 Å². The van der Waals surface area contributed by atoms with Gasteiger partial charge in [-0.1, -0.05) is 28.9 Å². The monoisotopic (exact) mass is 486 g/mol. The second kappa shape index (κ2) is 8.72. The number of rotatable bonds is 6. The van der Waals surface area contributed by atoms with Crippen LogP contribution in [0.15, 0.2) is 68.8 Å². The molecule has 0 spiro atoms. The number of nitrogens with zero attached hydrogens (tertiary/aromatic N) is 3. The first-order valence-electron chi connectivity index (χ1n) is 9.70. The first-order valence-corrected chi connectivity index (χ1v) is 11.6. The van der Waals surface area contributed by atoms with Crippen LogP contribution in [0.2, 0.25) is 5.02 Å². The van der Waals surface area contributed by atoms with Crippen LogP contribution in [0.1, 0.15) is 11.5 Å². The molecule has 0 aliphatic heterocycles. The number of anilines is 1. The third-order valence-electron chi connectivity index (χ3n) is 4.87. The number of benzene rings is 2. The minimum Gasteiger partial charge on any atom is -0.495 e. The van der Waals surface area contributed by atoms with E-state index in [1.54, 1.807) is 44.2 Å². The summed E-state index contributed by atoms with van der Waals surface area (Å²) in [6, 6.07) is 13.9. The first kappa shape index (κ1) is 22.6. The maximum atomic E-state index is 13.2. The molecule has 0 fully saturated rings. The van der Waals surface area contributed by atoms with E-state index in [1.165, 1.54) is 36.1 Å². The molecule has 1 N–H and O–H groups in total. The van der Waals surface area contributed by atoms with Gasteiger partial charge in [0.2, 0.25) is 0 Å². The van der Waals surface area contributed by atoms with Crippen molar-refractivity contribution in [3.8, 4) is 22.7 Å².